The molecule has 1 amide bonds. The average molecular weight is 472 g/mol. The van der Waals surface area contributed by atoms with Crippen LogP contribution in [-0.4, -0.2) is 53.4 Å². The molecule has 32 heavy (non-hydrogen) atoms. The van der Waals surface area contributed by atoms with Crippen LogP contribution in [0.5, 0.6) is 0 Å². The van der Waals surface area contributed by atoms with Gasteiger partial charge in [-0.3, -0.25) is 14.9 Å². The highest BCUT2D eigenvalue weighted by atomic mass is 35.5. The van der Waals surface area contributed by atoms with Crippen molar-refractivity contribution in [3.8, 4) is 0 Å². The minimum atomic E-state index is -4.51. The average Bonchev–Trinajstić information content (AvgIpc) is 2.76. The molecule has 1 N–H and O–H groups in total. The van der Waals surface area contributed by atoms with Crippen molar-refractivity contribution >= 4 is 34.7 Å². The summed E-state index contributed by atoms with van der Waals surface area (Å²) in [7, 11) is 0. The van der Waals surface area contributed by atoms with Gasteiger partial charge < -0.3 is 15.1 Å². The number of hydrogen-bond acceptors (Lipinski definition) is 6. The van der Waals surface area contributed by atoms with Gasteiger partial charge in [0, 0.05) is 63.2 Å². The molecule has 1 aromatic carbocycles. The molecule has 3 rings (SSSR count). The van der Waals surface area contributed by atoms with E-state index >= 15 is 0 Å². The molecule has 0 saturated carbocycles. The summed E-state index contributed by atoms with van der Waals surface area (Å²) in [6.45, 7) is 2.23. The molecule has 2 aromatic rings. The molecule has 8 nitrogen and oxygen atoms in total. The van der Waals surface area contributed by atoms with E-state index in [0.29, 0.717) is 45.6 Å². The summed E-state index contributed by atoms with van der Waals surface area (Å²) in [6.07, 6.45) is -2.83. The minimum absolute atomic E-state index is 0.0117. The molecule has 2 heterocycles. The Kier molecular flexibility index (Phi) is 7.39. The molecule has 0 aliphatic carbocycles. The van der Waals surface area contributed by atoms with Crippen molar-refractivity contribution in [2.24, 2.45) is 0 Å². The van der Waals surface area contributed by atoms with E-state index in [-0.39, 0.29) is 22.4 Å². The fourth-order valence-electron chi connectivity index (χ4n) is 3.32. The molecule has 172 valence electrons. The van der Waals surface area contributed by atoms with Gasteiger partial charge in [-0.2, -0.15) is 13.2 Å². The molecule has 1 aromatic heterocycles. The maximum absolute atomic E-state index is 12.8. The Morgan fingerprint density at radius 1 is 1.19 bits per heavy atom. The Hall–Kier alpha value is -3.08. The molecule has 0 atom stereocenters. The van der Waals surface area contributed by atoms with Crippen LogP contribution in [0.1, 0.15) is 18.4 Å². The lowest BCUT2D eigenvalue weighted by Crippen LogP contribution is -2.49. The number of alkyl halides is 3. The number of aromatic nitrogens is 1. The molecule has 0 spiro atoms. The van der Waals surface area contributed by atoms with Gasteiger partial charge in [-0.25, -0.2) is 4.98 Å². The second-order valence-corrected chi connectivity index (χ2v) is 7.64. The Morgan fingerprint density at radius 3 is 2.41 bits per heavy atom. The summed E-state index contributed by atoms with van der Waals surface area (Å²) in [5.41, 5.74) is -0.155. The van der Waals surface area contributed by atoms with E-state index in [2.05, 4.69) is 10.3 Å². The van der Waals surface area contributed by atoms with Gasteiger partial charge in [0.1, 0.15) is 5.82 Å². The van der Waals surface area contributed by atoms with Crippen LogP contribution in [0.3, 0.4) is 0 Å². The van der Waals surface area contributed by atoms with E-state index < -0.39 is 16.7 Å². The van der Waals surface area contributed by atoms with E-state index in [9.17, 15) is 28.1 Å². The van der Waals surface area contributed by atoms with Gasteiger partial charge in [0.15, 0.2) is 0 Å². The third-order valence-corrected chi connectivity index (χ3v) is 5.33. The minimum Gasteiger partial charge on any atom is -0.385 e. The van der Waals surface area contributed by atoms with Gasteiger partial charge in [-0.1, -0.05) is 11.6 Å². The zero-order valence-corrected chi connectivity index (χ0v) is 17.7. The number of amides is 1. The second kappa shape index (κ2) is 10.0. The number of carbonyl (C=O) groups is 1. The van der Waals surface area contributed by atoms with Crippen LogP contribution < -0.4 is 10.2 Å². The van der Waals surface area contributed by atoms with Gasteiger partial charge in [-0.05, 0) is 24.6 Å². The highest BCUT2D eigenvalue weighted by molar-refractivity contribution is 6.33. The third-order valence-electron chi connectivity index (χ3n) is 5.06. The molecule has 1 aliphatic heterocycles. The number of benzene rings is 1. The van der Waals surface area contributed by atoms with Gasteiger partial charge in [0.25, 0.3) is 5.69 Å². The van der Waals surface area contributed by atoms with Crippen LogP contribution in [0.15, 0.2) is 36.5 Å². The normalized spacial score (nSPS) is 14.4. The number of nitro groups is 1. The lowest BCUT2D eigenvalue weighted by Gasteiger charge is -2.36. The molecule has 1 fully saturated rings. The summed E-state index contributed by atoms with van der Waals surface area (Å²) in [4.78, 5) is 30.0. The standard InChI is InChI=1S/C20H21ClF3N5O3/c21-17-12-14(20(22,23)24)13-26-19(17)28-10-8-27(9-11-28)18(30)2-1-7-25-15-3-5-16(6-4-15)29(31)32/h3-6,12-13,25H,1-2,7-11H2. The number of piperazine rings is 1. The quantitative estimate of drug-likeness (QED) is 0.369. The summed E-state index contributed by atoms with van der Waals surface area (Å²) in [5.74, 6) is 0.265. The first kappa shape index (κ1) is 23.6. The Bertz CT molecular complexity index is 964. The lowest BCUT2D eigenvalue weighted by molar-refractivity contribution is -0.384. The number of pyridine rings is 1. The van der Waals surface area contributed by atoms with Gasteiger partial charge in [0.2, 0.25) is 5.91 Å². The maximum atomic E-state index is 12.8. The van der Waals surface area contributed by atoms with E-state index in [1.807, 2.05) is 0 Å². The van der Waals surface area contributed by atoms with Crippen LogP contribution in [0, 0.1) is 10.1 Å². The first-order valence-electron chi connectivity index (χ1n) is 9.89. The van der Waals surface area contributed by atoms with E-state index in [4.69, 9.17) is 11.6 Å². The zero-order chi connectivity index (χ0) is 23.3. The largest absolute Gasteiger partial charge is 0.417 e. The van der Waals surface area contributed by atoms with Gasteiger partial charge in [0.05, 0.1) is 15.5 Å². The van der Waals surface area contributed by atoms with Crippen molar-refractivity contribution in [2.75, 3.05) is 42.9 Å². The van der Waals surface area contributed by atoms with Crippen molar-refractivity contribution in [1.29, 1.82) is 0 Å². The van der Waals surface area contributed by atoms with Gasteiger partial charge >= 0.3 is 6.18 Å². The number of nitrogens with one attached hydrogen (secondary N) is 1. The molecule has 0 radical (unpaired) electrons. The monoisotopic (exact) mass is 471 g/mol. The van der Waals surface area contributed by atoms with Crippen LogP contribution >= 0.6 is 11.6 Å². The Balaban J connectivity index is 1.42. The van der Waals surface area contributed by atoms with Crippen LogP contribution in [0.25, 0.3) is 0 Å². The van der Waals surface area contributed by atoms with Crippen LogP contribution in [-0.2, 0) is 11.0 Å². The first-order valence-corrected chi connectivity index (χ1v) is 10.3. The van der Waals surface area contributed by atoms with Crippen LogP contribution in [0.2, 0.25) is 5.02 Å². The molecular weight excluding hydrogens is 451 g/mol. The molecular formula is C20H21ClF3N5O3. The summed E-state index contributed by atoms with van der Waals surface area (Å²) in [6, 6.07) is 6.90. The van der Waals surface area contributed by atoms with Crippen molar-refractivity contribution in [2.45, 2.75) is 19.0 Å². The number of non-ortho nitro benzene ring substituents is 1. The predicted molar refractivity (Wildman–Crippen MR) is 114 cm³/mol. The third kappa shape index (κ3) is 6.00. The summed E-state index contributed by atoms with van der Waals surface area (Å²) < 4.78 is 38.3. The predicted octanol–water partition coefficient (Wildman–Crippen LogP) is 4.20. The second-order valence-electron chi connectivity index (χ2n) is 7.23. The van der Waals surface area contributed by atoms with E-state index in [1.165, 1.54) is 12.1 Å². The van der Waals surface area contributed by atoms with E-state index in [1.54, 1.807) is 21.9 Å². The van der Waals surface area contributed by atoms with E-state index in [0.717, 1.165) is 18.0 Å². The Morgan fingerprint density at radius 2 is 1.84 bits per heavy atom. The number of nitro benzene ring substituents is 1. The molecule has 12 heteroatoms. The number of anilines is 2. The van der Waals surface area contributed by atoms with Gasteiger partial charge in [-0.15, -0.1) is 0 Å². The van der Waals surface area contributed by atoms with Crippen molar-refractivity contribution in [3.63, 3.8) is 0 Å². The van der Waals surface area contributed by atoms with Crippen molar-refractivity contribution in [1.82, 2.24) is 9.88 Å². The number of hydrogen-bond donors (Lipinski definition) is 1. The number of nitrogens with zero attached hydrogens (tertiary/aromatic N) is 4. The summed E-state index contributed by atoms with van der Waals surface area (Å²) >= 11 is 6.00. The molecule has 0 bridgehead atoms. The number of rotatable bonds is 7. The topological polar surface area (TPSA) is 91.6 Å². The first-order chi connectivity index (χ1) is 15.1. The molecule has 0 unspecified atom stereocenters. The zero-order valence-electron chi connectivity index (χ0n) is 16.9. The smallest absolute Gasteiger partial charge is 0.385 e. The molecule has 1 aliphatic rings. The fraction of sp³-hybridized carbons (Fsp3) is 0.400. The van der Waals surface area contributed by atoms with Crippen molar-refractivity contribution in [3.05, 3.63) is 57.2 Å². The van der Waals surface area contributed by atoms with Crippen LogP contribution in [0.4, 0.5) is 30.4 Å². The number of halogens is 4. The Labute approximate surface area is 187 Å². The summed E-state index contributed by atoms with van der Waals surface area (Å²) in [5, 5.41) is 13.7. The highest BCUT2D eigenvalue weighted by Crippen LogP contribution is 2.33. The SMILES string of the molecule is O=C(CCCNc1ccc([N+](=O)[O-])cc1)N1CCN(c2ncc(C(F)(F)F)cc2Cl)CC1. The highest BCUT2D eigenvalue weighted by Gasteiger charge is 2.32. The lowest BCUT2D eigenvalue weighted by atomic mass is 10.2. The maximum Gasteiger partial charge on any atom is 0.417 e. The fourth-order valence-corrected chi connectivity index (χ4v) is 3.60. The number of carbonyl (C=O) groups excluding carboxylic acids is 1. The molecule has 1 saturated heterocycles. The van der Waals surface area contributed by atoms with Crippen molar-refractivity contribution < 1.29 is 22.9 Å².